The van der Waals surface area contributed by atoms with E-state index in [9.17, 15) is 4.79 Å². The summed E-state index contributed by atoms with van der Waals surface area (Å²) >= 11 is 0. The van der Waals surface area contributed by atoms with Crippen molar-refractivity contribution < 1.29 is 14.6 Å². The molecule has 1 aliphatic rings. The number of carbonyl (C=O) groups is 1. The quantitative estimate of drug-likeness (QED) is 0.806. The molecular weight excluding hydrogens is 208 g/mol. The van der Waals surface area contributed by atoms with Crippen LogP contribution in [0.25, 0.3) is 0 Å². The molecule has 0 amide bonds. The van der Waals surface area contributed by atoms with Crippen LogP contribution < -0.4 is 5.32 Å². The molecule has 0 bridgehead atoms. The summed E-state index contributed by atoms with van der Waals surface area (Å²) in [5.74, 6) is -0.237. The molecule has 1 aromatic rings. The summed E-state index contributed by atoms with van der Waals surface area (Å²) in [5, 5.41) is 12.1. The van der Waals surface area contributed by atoms with E-state index in [0.29, 0.717) is 18.1 Å². The predicted octanol–water partition coefficient (Wildman–Crippen LogP) is 1.29. The predicted molar refractivity (Wildman–Crippen MR) is 58.8 cm³/mol. The van der Waals surface area contributed by atoms with Crippen molar-refractivity contribution in [2.45, 2.75) is 19.4 Å². The van der Waals surface area contributed by atoms with Crippen LogP contribution in [0.3, 0.4) is 0 Å². The van der Waals surface area contributed by atoms with E-state index in [2.05, 4.69) is 10.3 Å². The lowest BCUT2D eigenvalue weighted by Crippen LogP contribution is -2.20. The average molecular weight is 222 g/mol. The lowest BCUT2D eigenvalue weighted by molar-refractivity contribution is 0.0695. The molecule has 1 aromatic heterocycles. The summed E-state index contributed by atoms with van der Waals surface area (Å²) in [6, 6.07) is 3.54. The van der Waals surface area contributed by atoms with E-state index in [0.717, 1.165) is 13.0 Å². The largest absolute Gasteiger partial charge is 0.478 e. The van der Waals surface area contributed by atoms with Crippen LogP contribution in [0.1, 0.15) is 22.5 Å². The van der Waals surface area contributed by atoms with Crippen LogP contribution in [0.15, 0.2) is 12.1 Å². The molecular formula is C11H14N2O3. The summed E-state index contributed by atoms with van der Waals surface area (Å²) in [7, 11) is 0. The van der Waals surface area contributed by atoms with Gasteiger partial charge in [0.15, 0.2) is 0 Å². The number of rotatable bonds is 3. The third kappa shape index (κ3) is 2.30. The number of nitrogens with zero attached hydrogens (tertiary/aromatic N) is 1. The molecule has 1 fully saturated rings. The number of aryl methyl sites for hydroxylation is 1. The molecule has 5 nitrogen and oxygen atoms in total. The fourth-order valence-corrected chi connectivity index (χ4v) is 1.72. The first-order chi connectivity index (χ1) is 7.66. The molecule has 2 heterocycles. The average Bonchev–Trinajstić information content (AvgIpc) is 2.70. The summed E-state index contributed by atoms with van der Waals surface area (Å²) in [6.07, 6.45) is 0.960. The van der Waals surface area contributed by atoms with Crippen molar-refractivity contribution >= 4 is 11.8 Å². The van der Waals surface area contributed by atoms with Gasteiger partial charge in [0.1, 0.15) is 5.82 Å². The van der Waals surface area contributed by atoms with Gasteiger partial charge in [-0.05, 0) is 25.5 Å². The van der Waals surface area contributed by atoms with E-state index >= 15 is 0 Å². The number of ether oxygens (including phenoxy) is 1. The van der Waals surface area contributed by atoms with Crippen molar-refractivity contribution in [2.75, 3.05) is 18.5 Å². The van der Waals surface area contributed by atoms with E-state index in [-0.39, 0.29) is 11.6 Å². The molecule has 16 heavy (non-hydrogen) atoms. The SMILES string of the molecule is Cc1nc(NC2CCOC2)ccc1C(=O)O. The zero-order valence-corrected chi connectivity index (χ0v) is 9.06. The van der Waals surface area contributed by atoms with Crippen LogP contribution in [0, 0.1) is 6.92 Å². The highest BCUT2D eigenvalue weighted by atomic mass is 16.5. The number of carboxylic acid groups (broad SMARTS) is 1. The second kappa shape index (κ2) is 4.49. The minimum atomic E-state index is -0.944. The molecule has 5 heteroatoms. The number of aromatic carboxylic acids is 1. The maximum absolute atomic E-state index is 10.8. The Bertz CT molecular complexity index is 400. The number of aromatic nitrogens is 1. The Morgan fingerprint density at radius 2 is 2.44 bits per heavy atom. The van der Waals surface area contributed by atoms with Gasteiger partial charge in [-0.1, -0.05) is 0 Å². The van der Waals surface area contributed by atoms with Crippen molar-refractivity contribution in [1.82, 2.24) is 4.98 Å². The maximum Gasteiger partial charge on any atom is 0.337 e. The van der Waals surface area contributed by atoms with Gasteiger partial charge in [0.2, 0.25) is 0 Å². The van der Waals surface area contributed by atoms with Gasteiger partial charge in [-0.25, -0.2) is 9.78 Å². The first-order valence-corrected chi connectivity index (χ1v) is 5.22. The molecule has 86 valence electrons. The molecule has 0 spiro atoms. The van der Waals surface area contributed by atoms with Crippen LogP contribution in [0.2, 0.25) is 0 Å². The minimum Gasteiger partial charge on any atom is -0.478 e. The molecule has 0 aliphatic carbocycles. The fraction of sp³-hybridized carbons (Fsp3) is 0.455. The monoisotopic (exact) mass is 222 g/mol. The van der Waals surface area contributed by atoms with E-state index < -0.39 is 5.97 Å². The molecule has 0 radical (unpaired) electrons. The Balaban J connectivity index is 2.11. The van der Waals surface area contributed by atoms with Gasteiger partial charge < -0.3 is 15.2 Å². The highest BCUT2D eigenvalue weighted by molar-refractivity contribution is 5.89. The lowest BCUT2D eigenvalue weighted by Gasteiger charge is -2.12. The zero-order chi connectivity index (χ0) is 11.5. The second-order valence-corrected chi connectivity index (χ2v) is 3.84. The number of hydrogen-bond donors (Lipinski definition) is 2. The number of pyridine rings is 1. The Labute approximate surface area is 93.5 Å². The van der Waals surface area contributed by atoms with Gasteiger partial charge in [-0.3, -0.25) is 0 Å². The highest BCUT2D eigenvalue weighted by Gasteiger charge is 2.16. The van der Waals surface area contributed by atoms with Crippen molar-refractivity contribution in [3.63, 3.8) is 0 Å². The van der Waals surface area contributed by atoms with Gasteiger partial charge in [-0.15, -0.1) is 0 Å². The first-order valence-electron chi connectivity index (χ1n) is 5.22. The Morgan fingerprint density at radius 3 is 3.00 bits per heavy atom. The number of nitrogens with one attached hydrogen (secondary N) is 1. The Hall–Kier alpha value is -1.62. The van der Waals surface area contributed by atoms with Crippen molar-refractivity contribution in [3.05, 3.63) is 23.4 Å². The molecule has 0 aromatic carbocycles. The standard InChI is InChI=1S/C11H14N2O3/c1-7-9(11(14)15)2-3-10(12-7)13-8-4-5-16-6-8/h2-3,8H,4-6H2,1H3,(H,12,13)(H,14,15). The van der Waals surface area contributed by atoms with Gasteiger partial charge in [0.25, 0.3) is 0 Å². The van der Waals surface area contributed by atoms with Gasteiger partial charge >= 0.3 is 5.97 Å². The summed E-state index contributed by atoms with van der Waals surface area (Å²) in [4.78, 5) is 15.0. The molecule has 2 rings (SSSR count). The number of anilines is 1. The zero-order valence-electron chi connectivity index (χ0n) is 9.06. The Morgan fingerprint density at radius 1 is 1.62 bits per heavy atom. The van der Waals surface area contributed by atoms with Crippen molar-refractivity contribution in [2.24, 2.45) is 0 Å². The molecule has 1 atom stereocenters. The fourth-order valence-electron chi connectivity index (χ4n) is 1.72. The summed E-state index contributed by atoms with van der Waals surface area (Å²) in [6.45, 7) is 3.14. The van der Waals surface area contributed by atoms with Crippen molar-refractivity contribution in [1.29, 1.82) is 0 Å². The van der Waals surface area contributed by atoms with Crippen LogP contribution >= 0.6 is 0 Å². The van der Waals surface area contributed by atoms with Gasteiger partial charge in [-0.2, -0.15) is 0 Å². The smallest absolute Gasteiger partial charge is 0.337 e. The molecule has 1 unspecified atom stereocenters. The van der Waals surface area contributed by atoms with Crippen LogP contribution in [0.5, 0.6) is 0 Å². The van der Waals surface area contributed by atoms with E-state index in [1.54, 1.807) is 19.1 Å². The third-order valence-electron chi connectivity index (χ3n) is 2.60. The molecule has 1 saturated heterocycles. The third-order valence-corrected chi connectivity index (χ3v) is 2.60. The van der Waals surface area contributed by atoms with Crippen LogP contribution in [-0.2, 0) is 4.74 Å². The van der Waals surface area contributed by atoms with E-state index in [1.807, 2.05) is 0 Å². The second-order valence-electron chi connectivity index (χ2n) is 3.84. The van der Waals surface area contributed by atoms with Crippen LogP contribution in [0.4, 0.5) is 5.82 Å². The molecule has 2 N–H and O–H groups in total. The highest BCUT2D eigenvalue weighted by Crippen LogP contribution is 2.14. The number of hydrogen-bond acceptors (Lipinski definition) is 4. The van der Waals surface area contributed by atoms with E-state index in [4.69, 9.17) is 9.84 Å². The number of carboxylic acids is 1. The van der Waals surface area contributed by atoms with Crippen LogP contribution in [-0.4, -0.2) is 35.3 Å². The molecule has 0 saturated carbocycles. The van der Waals surface area contributed by atoms with Gasteiger partial charge in [0, 0.05) is 6.61 Å². The van der Waals surface area contributed by atoms with Gasteiger partial charge in [0.05, 0.1) is 23.9 Å². The summed E-state index contributed by atoms with van der Waals surface area (Å²) in [5.41, 5.74) is 0.768. The normalized spacial score (nSPS) is 19.7. The Kier molecular flexibility index (Phi) is 3.05. The topological polar surface area (TPSA) is 71.5 Å². The lowest BCUT2D eigenvalue weighted by atomic mass is 10.2. The minimum absolute atomic E-state index is 0.244. The van der Waals surface area contributed by atoms with E-state index in [1.165, 1.54) is 0 Å². The summed E-state index contributed by atoms with van der Waals surface area (Å²) < 4.78 is 5.24. The maximum atomic E-state index is 10.8. The van der Waals surface area contributed by atoms with Crippen molar-refractivity contribution in [3.8, 4) is 0 Å². The molecule has 1 aliphatic heterocycles. The first kappa shape index (κ1) is 10.9.